The highest BCUT2D eigenvalue weighted by atomic mass is 32.1. The van der Waals surface area contributed by atoms with E-state index >= 15 is 0 Å². The van der Waals surface area contributed by atoms with Gasteiger partial charge in [-0.25, -0.2) is 19.0 Å². The zero-order chi connectivity index (χ0) is 13.0. The smallest absolute Gasteiger partial charge is 0.300 e. The van der Waals surface area contributed by atoms with Gasteiger partial charge in [0.1, 0.15) is 5.78 Å². The second-order valence-electron chi connectivity index (χ2n) is 3.68. The summed E-state index contributed by atoms with van der Waals surface area (Å²) in [6.07, 6.45) is 0.332. The molecular weight excluding hydrogens is 246 g/mol. The van der Waals surface area contributed by atoms with E-state index in [1.165, 1.54) is 0 Å². The van der Waals surface area contributed by atoms with Gasteiger partial charge in [-0.2, -0.15) is 12.6 Å². The molecule has 0 spiro atoms. The number of ketones is 1. The molecule has 0 saturated heterocycles. The van der Waals surface area contributed by atoms with Gasteiger partial charge in [0.2, 0.25) is 0 Å². The van der Waals surface area contributed by atoms with Crippen LogP contribution in [-0.2, 0) is 11.3 Å². The molecule has 0 radical (unpaired) electrons. The maximum Gasteiger partial charge on any atom is 0.333 e. The molecule has 17 heavy (non-hydrogen) atoms. The molecule has 1 heterocycles. The van der Waals surface area contributed by atoms with E-state index in [-0.39, 0.29) is 30.4 Å². The first-order chi connectivity index (χ1) is 7.90. The van der Waals surface area contributed by atoms with E-state index in [0.29, 0.717) is 0 Å². The molecular formula is C9H13N3O4S. The third kappa shape index (κ3) is 4.06. The molecule has 0 aliphatic rings. The Kier molecular flexibility index (Phi) is 4.50. The quantitative estimate of drug-likeness (QED) is 0.583. The lowest BCUT2D eigenvalue weighted by molar-refractivity contribution is -0.119. The van der Waals surface area contributed by atoms with Gasteiger partial charge in [-0.05, 0) is 0 Å². The topological polar surface area (TPSA) is 105 Å². The molecule has 0 aliphatic carbocycles. The van der Waals surface area contributed by atoms with E-state index in [2.05, 4.69) is 12.6 Å². The van der Waals surface area contributed by atoms with E-state index < -0.39 is 17.1 Å². The molecule has 8 heteroatoms. The largest absolute Gasteiger partial charge is 0.333 e. The summed E-state index contributed by atoms with van der Waals surface area (Å²) < 4.78 is 0.780. The molecule has 0 saturated carbocycles. The zero-order valence-corrected chi connectivity index (χ0v) is 10.1. The number of carbonyl (C=O) groups is 1. The van der Waals surface area contributed by atoms with Crippen LogP contribution in [0.15, 0.2) is 14.4 Å². The van der Waals surface area contributed by atoms with Gasteiger partial charge in [0, 0.05) is 24.6 Å². The molecule has 1 rings (SSSR count). The summed E-state index contributed by atoms with van der Waals surface area (Å²) in [4.78, 5) is 48.5. The molecule has 0 aliphatic heterocycles. The molecule has 0 fully saturated rings. The summed E-state index contributed by atoms with van der Waals surface area (Å²) in [5.74, 6) is -0.0926. The monoisotopic (exact) mass is 259 g/mol. The Balaban J connectivity index is 2.77. The Morgan fingerprint density at radius 1 is 1.29 bits per heavy atom. The van der Waals surface area contributed by atoms with Crippen molar-refractivity contribution in [3.8, 4) is 0 Å². The molecule has 0 aromatic carbocycles. The van der Waals surface area contributed by atoms with Gasteiger partial charge in [0.05, 0.1) is 0 Å². The summed E-state index contributed by atoms with van der Waals surface area (Å²) in [5.41, 5.74) is -2.48. The Morgan fingerprint density at radius 2 is 1.82 bits per heavy atom. The summed E-state index contributed by atoms with van der Waals surface area (Å²) in [6, 6.07) is 0. The second-order valence-corrected chi connectivity index (χ2v) is 4.56. The van der Waals surface area contributed by atoms with Crippen molar-refractivity contribution in [1.29, 1.82) is 0 Å². The predicted molar refractivity (Wildman–Crippen MR) is 64.6 cm³/mol. The van der Waals surface area contributed by atoms with Crippen molar-refractivity contribution in [2.45, 2.75) is 31.6 Å². The Hall–Kier alpha value is -1.57. The van der Waals surface area contributed by atoms with Gasteiger partial charge < -0.3 is 0 Å². The Labute approximate surface area is 101 Å². The normalized spacial score (nSPS) is 12.4. The molecule has 2 N–H and O–H groups in total. The van der Waals surface area contributed by atoms with Crippen LogP contribution >= 0.6 is 12.6 Å². The first-order valence-electron chi connectivity index (χ1n) is 5.03. The zero-order valence-electron chi connectivity index (χ0n) is 9.23. The highest BCUT2D eigenvalue weighted by Crippen LogP contribution is 2.02. The van der Waals surface area contributed by atoms with Crippen molar-refractivity contribution in [3.63, 3.8) is 0 Å². The van der Waals surface area contributed by atoms with Crippen molar-refractivity contribution in [2.24, 2.45) is 0 Å². The van der Waals surface area contributed by atoms with Crippen LogP contribution in [0.25, 0.3) is 0 Å². The van der Waals surface area contributed by atoms with Crippen molar-refractivity contribution in [2.75, 3.05) is 0 Å². The number of carbonyl (C=O) groups excluding carboxylic acids is 1. The lowest BCUT2D eigenvalue weighted by Gasteiger charge is -2.04. The highest BCUT2D eigenvalue weighted by Gasteiger charge is 2.08. The summed E-state index contributed by atoms with van der Waals surface area (Å²) in [7, 11) is 0. The minimum absolute atomic E-state index is 0.0513. The van der Waals surface area contributed by atoms with Crippen molar-refractivity contribution < 1.29 is 4.79 Å². The first kappa shape index (κ1) is 13.5. The number of aromatic nitrogens is 3. The molecule has 1 aromatic heterocycles. The summed E-state index contributed by atoms with van der Waals surface area (Å²) in [6.45, 7) is 1.73. The number of thiol groups is 1. The predicted octanol–water partition coefficient (Wildman–Crippen LogP) is -1.11. The van der Waals surface area contributed by atoms with Crippen LogP contribution in [0.1, 0.15) is 19.8 Å². The summed E-state index contributed by atoms with van der Waals surface area (Å²) in [5, 5.41) is -0.0620. The number of nitrogens with zero attached hydrogens (tertiary/aromatic N) is 1. The third-order valence-corrected chi connectivity index (χ3v) is 2.25. The van der Waals surface area contributed by atoms with Gasteiger partial charge in [-0.15, -0.1) is 0 Å². The fourth-order valence-corrected chi connectivity index (χ4v) is 1.53. The van der Waals surface area contributed by atoms with E-state index in [9.17, 15) is 19.2 Å². The van der Waals surface area contributed by atoms with Gasteiger partial charge in [-0.1, -0.05) is 6.92 Å². The van der Waals surface area contributed by atoms with Crippen LogP contribution in [0.4, 0.5) is 0 Å². The molecule has 7 nitrogen and oxygen atoms in total. The van der Waals surface area contributed by atoms with Crippen molar-refractivity contribution in [1.82, 2.24) is 14.5 Å². The van der Waals surface area contributed by atoms with E-state index in [1.807, 2.05) is 9.97 Å². The minimum atomic E-state index is -0.855. The van der Waals surface area contributed by atoms with Gasteiger partial charge in [-0.3, -0.25) is 14.8 Å². The average Bonchev–Trinajstić information content (AvgIpc) is 2.14. The van der Waals surface area contributed by atoms with Crippen LogP contribution in [0, 0.1) is 0 Å². The highest BCUT2D eigenvalue weighted by molar-refractivity contribution is 7.80. The van der Waals surface area contributed by atoms with Gasteiger partial charge in [0.15, 0.2) is 0 Å². The van der Waals surface area contributed by atoms with Gasteiger partial charge >= 0.3 is 17.1 Å². The van der Waals surface area contributed by atoms with E-state index in [0.717, 1.165) is 4.57 Å². The lowest BCUT2D eigenvalue weighted by atomic mass is 10.2. The molecule has 94 valence electrons. The molecule has 1 atom stereocenters. The number of hydrogen-bond acceptors (Lipinski definition) is 5. The van der Waals surface area contributed by atoms with Crippen LogP contribution in [0.5, 0.6) is 0 Å². The number of rotatable bonds is 5. The molecule has 0 amide bonds. The minimum Gasteiger partial charge on any atom is -0.300 e. The molecule has 0 bridgehead atoms. The van der Waals surface area contributed by atoms with Crippen LogP contribution in [-0.4, -0.2) is 25.6 Å². The lowest BCUT2D eigenvalue weighted by Crippen LogP contribution is -2.43. The average molecular weight is 259 g/mol. The number of Topliss-reactive ketones (excluding diaryl/α,β-unsaturated/α-hetero) is 1. The molecule has 1 aromatic rings. The third-order valence-electron chi connectivity index (χ3n) is 2.07. The maximum absolute atomic E-state index is 11.4. The Bertz CT molecular complexity index is 534. The van der Waals surface area contributed by atoms with Crippen LogP contribution in [0.2, 0.25) is 0 Å². The van der Waals surface area contributed by atoms with Crippen molar-refractivity contribution >= 4 is 18.4 Å². The number of aromatic amines is 2. The van der Waals surface area contributed by atoms with E-state index in [4.69, 9.17) is 0 Å². The fourth-order valence-electron chi connectivity index (χ4n) is 1.32. The van der Waals surface area contributed by atoms with Crippen molar-refractivity contribution in [3.05, 3.63) is 31.5 Å². The SMILES string of the molecule is CC(S)CC(=O)CCn1c(=O)[nH]c(=O)[nH]c1=O. The van der Waals surface area contributed by atoms with Gasteiger partial charge in [0.25, 0.3) is 0 Å². The number of hydrogen-bond donors (Lipinski definition) is 3. The van der Waals surface area contributed by atoms with Crippen LogP contribution < -0.4 is 17.1 Å². The summed E-state index contributed by atoms with van der Waals surface area (Å²) >= 11 is 4.07. The standard InChI is InChI=1S/C9H13N3O4S/c1-5(17)4-6(13)2-3-12-8(15)10-7(14)11-9(12)16/h5,17H,2-4H2,1H3,(H2,10,11,14,15,16). The van der Waals surface area contributed by atoms with Crippen LogP contribution in [0.3, 0.4) is 0 Å². The molecule has 1 unspecified atom stereocenters. The number of nitrogens with one attached hydrogen (secondary N) is 2. The Morgan fingerprint density at radius 3 is 2.29 bits per heavy atom. The number of H-pyrrole nitrogens is 2. The second kappa shape index (κ2) is 5.67. The first-order valence-corrected chi connectivity index (χ1v) is 5.55. The van der Waals surface area contributed by atoms with E-state index in [1.54, 1.807) is 6.92 Å². The fraction of sp³-hybridized carbons (Fsp3) is 0.556. The maximum atomic E-state index is 11.4.